The Bertz CT molecular complexity index is 1080. The van der Waals surface area contributed by atoms with Crippen LogP contribution in [-0.2, 0) is 4.79 Å². The molecule has 7 heteroatoms. The third-order valence-corrected chi connectivity index (χ3v) is 4.57. The smallest absolute Gasteiger partial charge is 0.352 e. The van der Waals surface area contributed by atoms with Crippen molar-refractivity contribution in [2.24, 2.45) is 0 Å². The van der Waals surface area contributed by atoms with Crippen molar-refractivity contribution < 1.29 is 19.4 Å². The van der Waals surface area contributed by atoms with E-state index >= 15 is 0 Å². The quantitative estimate of drug-likeness (QED) is 0.372. The lowest BCUT2D eigenvalue weighted by Gasteiger charge is -2.11. The number of carbonyl (C=O) groups is 2. The molecule has 3 rings (SSSR count). The van der Waals surface area contributed by atoms with E-state index in [2.05, 4.69) is 21.2 Å². The molecule has 1 amide bonds. The van der Waals surface area contributed by atoms with Gasteiger partial charge in [-0.1, -0.05) is 36.4 Å². The van der Waals surface area contributed by atoms with Crippen molar-refractivity contribution in [3.63, 3.8) is 0 Å². The lowest BCUT2D eigenvalue weighted by atomic mass is 10.1. The largest absolute Gasteiger partial charge is 0.477 e. The number of carbonyl (C=O) groups excluding carboxylic acids is 1. The van der Waals surface area contributed by atoms with Crippen LogP contribution in [0.2, 0.25) is 0 Å². The molecule has 0 unspecified atom stereocenters. The second kappa shape index (κ2) is 9.07. The van der Waals surface area contributed by atoms with E-state index in [0.29, 0.717) is 28.3 Å². The van der Waals surface area contributed by atoms with Gasteiger partial charge in [0.2, 0.25) is 0 Å². The Kier molecular flexibility index (Phi) is 6.31. The van der Waals surface area contributed by atoms with Crippen molar-refractivity contribution in [2.75, 3.05) is 5.73 Å². The van der Waals surface area contributed by atoms with E-state index in [1.807, 2.05) is 18.2 Å². The highest BCUT2D eigenvalue weighted by Gasteiger charge is 2.14. The summed E-state index contributed by atoms with van der Waals surface area (Å²) in [6.07, 6.45) is 1.34. The highest BCUT2D eigenvalue weighted by molar-refractivity contribution is 9.10. The first-order valence-electron chi connectivity index (χ1n) is 8.57. The fourth-order valence-electron chi connectivity index (χ4n) is 2.50. The highest BCUT2D eigenvalue weighted by Crippen LogP contribution is 2.33. The number of nitrogens with two attached hydrogens (primary N) is 1. The van der Waals surface area contributed by atoms with Crippen molar-refractivity contribution in [3.05, 3.63) is 94.1 Å². The maximum atomic E-state index is 12.2. The first-order chi connectivity index (χ1) is 13.9. The summed E-state index contributed by atoms with van der Waals surface area (Å²) >= 11 is 3.40. The minimum absolute atomic E-state index is 0.266. The number of para-hydroxylation sites is 1. The van der Waals surface area contributed by atoms with Crippen LogP contribution in [0, 0.1) is 0 Å². The van der Waals surface area contributed by atoms with Crippen LogP contribution >= 0.6 is 15.9 Å². The maximum Gasteiger partial charge on any atom is 0.352 e. The maximum absolute atomic E-state index is 12.2. The summed E-state index contributed by atoms with van der Waals surface area (Å²) in [7, 11) is 0. The van der Waals surface area contributed by atoms with E-state index in [-0.39, 0.29) is 5.70 Å². The van der Waals surface area contributed by atoms with Gasteiger partial charge in [0.15, 0.2) is 0 Å². The average Bonchev–Trinajstić information content (AvgIpc) is 2.71. The molecule has 0 fully saturated rings. The average molecular weight is 453 g/mol. The van der Waals surface area contributed by atoms with Crippen LogP contribution in [0.4, 0.5) is 5.69 Å². The number of aliphatic carboxylic acids is 1. The summed E-state index contributed by atoms with van der Waals surface area (Å²) in [5.74, 6) is -0.745. The lowest BCUT2D eigenvalue weighted by Crippen LogP contribution is -2.27. The molecule has 3 aromatic rings. The summed E-state index contributed by atoms with van der Waals surface area (Å²) in [6.45, 7) is 0. The van der Waals surface area contributed by atoms with Gasteiger partial charge in [0.25, 0.3) is 5.91 Å². The van der Waals surface area contributed by atoms with Gasteiger partial charge in [-0.15, -0.1) is 0 Å². The van der Waals surface area contributed by atoms with Crippen LogP contribution in [-0.4, -0.2) is 17.0 Å². The van der Waals surface area contributed by atoms with Gasteiger partial charge in [-0.25, -0.2) is 4.79 Å². The molecule has 3 aromatic carbocycles. The molecular formula is C22H17BrN2O4. The normalized spacial score (nSPS) is 11.0. The van der Waals surface area contributed by atoms with E-state index in [1.165, 1.54) is 6.08 Å². The number of carboxylic acid groups (broad SMARTS) is 1. The number of hydrogen-bond acceptors (Lipinski definition) is 4. The zero-order valence-corrected chi connectivity index (χ0v) is 16.7. The molecule has 0 bridgehead atoms. The first kappa shape index (κ1) is 20.2. The third kappa shape index (κ3) is 5.24. The Morgan fingerprint density at radius 2 is 1.66 bits per heavy atom. The molecule has 0 radical (unpaired) electrons. The number of nitrogen functional groups attached to an aromatic ring is 1. The van der Waals surface area contributed by atoms with Crippen LogP contribution in [0.1, 0.15) is 15.9 Å². The van der Waals surface area contributed by atoms with Crippen molar-refractivity contribution in [3.8, 4) is 11.5 Å². The van der Waals surface area contributed by atoms with Crippen LogP contribution in [0.25, 0.3) is 6.08 Å². The SMILES string of the molecule is Nc1cc(C=C(NC(=O)c2ccccc2)C(=O)O)ccc1Oc1ccccc1Br. The van der Waals surface area contributed by atoms with E-state index in [0.717, 1.165) is 4.47 Å². The van der Waals surface area contributed by atoms with E-state index in [9.17, 15) is 14.7 Å². The van der Waals surface area contributed by atoms with Crippen molar-refractivity contribution in [1.29, 1.82) is 0 Å². The number of nitrogens with one attached hydrogen (secondary N) is 1. The predicted octanol–water partition coefficient (Wildman–Crippen LogP) is 4.68. The fourth-order valence-corrected chi connectivity index (χ4v) is 2.86. The third-order valence-electron chi connectivity index (χ3n) is 3.92. The Balaban J connectivity index is 1.81. The molecule has 6 nitrogen and oxygen atoms in total. The molecule has 0 spiro atoms. The molecule has 146 valence electrons. The van der Waals surface area contributed by atoms with Gasteiger partial charge in [0.1, 0.15) is 17.2 Å². The number of rotatable bonds is 6. The molecule has 0 aromatic heterocycles. The molecule has 0 aliphatic rings. The second-order valence-corrected chi connectivity index (χ2v) is 6.87. The predicted molar refractivity (Wildman–Crippen MR) is 115 cm³/mol. The van der Waals surface area contributed by atoms with Crippen LogP contribution in [0.15, 0.2) is 83.0 Å². The lowest BCUT2D eigenvalue weighted by molar-refractivity contribution is -0.132. The molecule has 4 N–H and O–H groups in total. The molecule has 0 aliphatic heterocycles. The molecule has 0 saturated heterocycles. The van der Waals surface area contributed by atoms with Crippen molar-refractivity contribution in [1.82, 2.24) is 5.32 Å². The van der Waals surface area contributed by atoms with Crippen LogP contribution < -0.4 is 15.8 Å². The number of ether oxygens (including phenoxy) is 1. The number of amides is 1. The number of hydrogen-bond donors (Lipinski definition) is 3. The van der Waals surface area contributed by atoms with E-state index in [1.54, 1.807) is 54.6 Å². The molecule has 0 atom stereocenters. The minimum Gasteiger partial charge on any atom is -0.477 e. The Labute approximate surface area is 175 Å². The Morgan fingerprint density at radius 3 is 2.31 bits per heavy atom. The van der Waals surface area contributed by atoms with Gasteiger partial charge in [-0.3, -0.25) is 4.79 Å². The molecule has 0 saturated carbocycles. The second-order valence-electron chi connectivity index (χ2n) is 6.01. The molecule has 0 heterocycles. The van der Waals surface area contributed by atoms with Gasteiger partial charge >= 0.3 is 5.97 Å². The summed E-state index contributed by atoms with van der Waals surface area (Å²) < 4.78 is 6.57. The number of benzene rings is 3. The molecule has 0 aliphatic carbocycles. The van der Waals surface area contributed by atoms with Crippen LogP contribution in [0.3, 0.4) is 0 Å². The highest BCUT2D eigenvalue weighted by atomic mass is 79.9. The summed E-state index contributed by atoms with van der Waals surface area (Å²) in [4.78, 5) is 23.8. The van der Waals surface area contributed by atoms with Gasteiger partial charge in [0, 0.05) is 5.56 Å². The van der Waals surface area contributed by atoms with Gasteiger partial charge < -0.3 is 20.9 Å². The zero-order chi connectivity index (χ0) is 20.8. The minimum atomic E-state index is -1.26. The summed E-state index contributed by atoms with van der Waals surface area (Å²) in [6, 6.07) is 20.6. The topological polar surface area (TPSA) is 102 Å². The van der Waals surface area contributed by atoms with E-state index in [4.69, 9.17) is 10.5 Å². The van der Waals surface area contributed by atoms with Crippen molar-refractivity contribution in [2.45, 2.75) is 0 Å². The summed E-state index contributed by atoms with van der Waals surface area (Å²) in [5, 5.41) is 11.8. The Hall–Kier alpha value is -3.58. The molecule has 29 heavy (non-hydrogen) atoms. The molecular weight excluding hydrogens is 436 g/mol. The van der Waals surface area contributed by atoms with Crippen LogP contribution in [0.5, 0.6) is 11.5 Å². The Morgan fingerprint density at radius 1 is 0.966 bits per heavy atom. The van der Waals surface area contributed by atoms with Gasteiger partial charge in [-0.05, 0) is 64.0 Å². The number of anilines is 1. The monoisotopic (exact) mass is 452 g/mol. The number of halogens is 1. The first-order valence-corrected chi connectivity index (χ1v) is 9.36. The number of carboxylic acids is 1. The summed E-state index contributed by atoms with van der Waals surface area (Å²) in [5.41, 5.74) is 6.99. The van der Waals surface area contributed by atoms with E-state index < -0.39 is 11.9 Å². The van der Waals surface area contributed by atoms with Gasteiger partial charge in [-0.2, -0.15) is 0 Å². The zero-order valence-electron chi connectivity index (χ0n) is 15.1. The standard InChI is InChI=1S/C22H17BrN2O4/c23-16-8-4-5-9-19(16)29-20-11-10-14(12-17(20)24)13-18(22(27)28)25-21(26)15-6-2-1-3-7-15/h1-13H,24H2,(H,25,26)(H,27,28). The van der Waals surface area contributed by atoms with Crippen molar-refractivity contribution >= 4 is 39.6 Å². The fraction of sp³-hybridized carbons (Fsp3) is 0. The van der Waals surface area contributed by atoms with Gasteiger partial charge in [0.05, 0.1) is 10.2 Å².